The Balaban J connectivity index is 1.67. The smallest absolute Gasteiger partial charge is 0.215 e. The molecular formula is C15H18ClN5O. The van der Waals surface area contributed by atoms with Gasteiger partial charge in [-0.1, -0.05) is 17.7 Å². The van der Waals surface area contributed by atoms with Crippen molar-refractivity contribution in [1.82, 2.24) is 15.0 Å². The molecule has 3 heterocycles. The van der Waals surface area contributed by atoms with E-state index in [2.05, 4.69) is 24.8 Å². The van der Waals surface area contributed by atoms with Crippen molar-refractivity contribution in [3.05, 3.63) is 35.7 Å². The Morgan fingerprint density at radius 3 is 2.68 bits per heavy atom. The van der Waals surface area contributed by atoms with E-state index >= 15 is 0 Å². The summed E-state index contributed by atoms with van der Waals surface area (Å²) in [5.74, 6) is 2.41. The molecule has 3 rings (SSSR count). The Kier molecular flexibility index (Phi) is 4.58. The van der Waals surface area contributed by atoms with Crippen molar-refractivity contribution in [3.8, 4) is 5.88 Å². The fourth-order valence-corrected chi connectivity index (χ4v) is 2.72. The highest BCUT2D eigenvalue weighted by molar-refractivity contribution is 6.32. The van der Waals surface area contributed by atoms with Crippen LogP contribution in [0, 0.1) is 0 Å². The highest BCUT2D eigenvalue weighted by Crippen LogP contribution is 2.24. The molecule has 0 unspecified atom stereocenters. The minimum absolute atomic E-state index is 0.590. The Morgan fingerprint density at radius 1 is 1.18 bits per heavy atom. The van der Waals surface area contributed by atoms with Crippen molar-refractivity contribution in [2.24, 2.45) is 0 Å². The maximum Gasteiger partial charge on any atom is 0.215 e. The van der Waals surface area contributed by atoms with Gasteiger partial charge in [0.1, 0.15) is 17.2 Å². The Hall–Kier alpha value is -2.08. The second-order valence-corrected chi connectivity index (χ2v) is 5.34. The monoisotopic (exact) mass is 319 g/mol. The van der Waals surface area contributed by atoms with E-state index in [0.29, 0.717) is 17.5 Å². The lowest BCUT2D eigenvalue weighted by Crippen LogP contribution is -2.47. The third-order valence-corrected chi connectivity index (χ3v) is 3.82. The highest BCUT2D eigenvalue weighted by Gasteiger charge is 2.21. The Bertz CT molecular complexity index is 631. The van der Waals surface area contributed by atoms with Gasteiger partial charge in [0.05, 0.1) is 12.8 Å². The zero-order valence-corrected chi connectivity index (χ0v) is 13.2. The molecule has 0 aromatic carbocycles. The summed E-state index contributed by atoms with van der Waals surface area (Å²) in [7, 11) is 0. The molecule has 0 N–H and O–H groups in total. The fraction of sp³-hybridized carbons (Fsp3) is 0.400. The third-order valence-electron chi connectivity index (χ3n) is 3.55. The molecular weight excluding hydrogens is 302 g/mol. The zero-order chi connectivity index (χ0) is 15.4. The largest absolute Gasteiger partial charge is 0.478 e. The first-order valence-corrected chi connectivity index (χ1v) is 7.71. The van der Waals surface area contributed by atoms with Gasteiger partial charge in [0.2, 0.25) is 5.88 Å². The summed E-state index contributed by atoms with van der Waals surface area (Å²) in [4.78, 5) is 17.1. The van der Waals surface area contributed by atoms with E-state index in [-0.39, 0.29) is 0 Å². The number of nitrogens with zero attached hydrogens (tertiary/aromatic N) is 5. The molecule has 0 atom stereocenters. The van der Waals surface area contributed by atoms with E-state index in [1.807, 2.05) is 25.1 Å². The number of piperazine rings is 1. The Morgan fingerprint density at radius 2 is 1.95 bits per heavy atom. The van der Waals surface area contributed by atoms with Crippen molar-refractivity contribution in [2.75, 3.05) is 42.6 Å². The standard InChI is InChI=1S/C15H18ClN5O/c1-2-22-14-5-3-4-13(19-14)20-6-8-21(9-7-20)15-12(16)10-17-11-18-15/h3-5,10-11H,2,6-9H2,1H3. The number of hydrogen-bond donors (Lipinski definition) is 0. The van der Waals surface area contributed by atoms with E-state index in [9.17, 15) is 0 Å². The second-order valence-electron chi connectivity index (χ2n) is 4.94. The molecule has 0 radical (unpaired) electrons. The predicted molar refractivity (Wildman–Crippen MR) is 86.9 cm³/mol. The normalized spacial score (nSPS) is 15.0. The molecule has 0 spiro atoms. The molecule has 0 amide bonds. The first-order chi connectivity index (χ1) is 10.8. The number of halogens is 1. The number of rotatable bonds is 4. The van der Waals surface area contributed by atoms with Crippen LogP contribution in [0.2, 0.25) is 5.02 Å². The molecule has 0 aliphatic carbocycles. The van der Waals surface area contributed by atoms with E-state index in [1.165, 1.54) is 6.33 Å². The van der Waals surface area contributed by atoms with Gasteiger partial charge >= 0.3 is 0 Å². The van der Waals surface area contributed by atoms with Crippen LogP contribution in [-0.4, -0.2) is 47.7 Å². The van der Waals surface area contributed by atoms with E-state index in [4.69, 9.17) is 16.3 Å². The van der Waals surface area contributed by atoms with Crippen LogP contribution in [0.4, 0.5) is 11.6 Å². The van der Waals surface area contributed by atoms with E-state index < -0.39 is 0 Å². The molecule has 6 nitrogen and oxygen atoms in total. The minimum atomic E-state index is 0.590. The summed E-state index contributed by atoms with van der Waals surface area (Å²) in [6.07, 6.45) is 3.16. The summed E-state index contributed by atoms with van der Waals surface area (Å²) >= 11 is 6.16. The summed E-state index contributed by atoms with van der Waals surface area (Å²) in [6, 6.07) is 5.86. The van der Waals surface area contributed by atoms with Gasteiger partial charge in [-0.3, -0.25) is 0 Å². The molecule has 1 saturated heterocycles. The number of anilines is 2. The van der Waals surface area contributed by atoms with Gasteiger partial charge < -0.3 is 14.5 Å². The van der Waals surface area contributed by atoms with Crippen LogP contribution >= 0.6 is 11.6 Å². The van der Waals surface area contributed by atoms with Crippen molar-refractivity contribution in [1.29, 1.82) is 0 Å². The van der Waals surface area contributed by atoms with Crippen LogP contribution < -0.4 is 14.5 Å². The SMILES string of the molecule is CCOc1cccc(N2CCN(c3ncncc3Cl)CC2)n1. The first kappa shape index (κ1) is 14.8. The molecule has 2 aromatic rings. The molecule has 0 saturated carbocycles. The lowest BCUT2D eigenvalue weighted by molar-refractivity contribution is 0.327. The Labute approximate surface area is 134 Å². The van der Waals surface area contributed by atoms with Gasteiger partial charge in [0.25, 0.3) is 0 Å². The molecule has 1 fully saturated rings. The number of hydrogen-bond acceptors (Lipinski definition) is 6. The molecule has 1 aliphatic rings. The molecule has 1 aliphatic heterocycles. The summed E-state index contributed by atoms with van der Waals surface area (Å²) in [5, 5.41) is 0.590. The van der Waals surface area contributed by atoms with Crippen LogP contribution in [0.5, 0.6) is 5.88 Å². The highest BCUT2D eigenvalue weighted by atomic mass is 35.5. The zero-order valence-electron chi connectivity index (χ0n) is 12.4. The maximum absolute atomic E-state index is 6.16. The van der Waals surface area contributed by atoms with Crippen LogP contribution in [0.1, 0.15) is 6.92 Å². The average molecular weight is 320 g/mol. The number of pyridine rings is 1. The lowest BCUT2D eigenvalue weighted by Gasteiger charge is -2.36. The first-order valence-electron chi connectivity index (χ1n) is 7.33. The van der Waals surface area contributed by atoms with E-state index in [1.54, 1.807) is 6.20 Å². The van der Waals surface area contributed by atoms with Gasteiger partial charge in [-0.05, 0) is 13.0 Å². The van der Waals surface area contributed by atoms with Crippen molar-refractivity contribution < 1.29 is 4.74 Å². The average Bonchev–Trinajstić information content (AvgIpc) is 2.56. The summed E-state index contributed by atoms with van der Waals surface area (Å²) < 4.78 is 5.46. The quantitative estimate of drug-likeness (QED) is 0.861. The van der Waals surface area contributed by atoms with E-state index in [0.717, 1.165) is 37.8 Å². The minimum Gasteiger partial charge on any atom is -0.478 e. The molecule has 2 aromatic heterocycles. The van der Waals surface area contributed by atoms with Gasteiger partial charge in [-0.25, -0.2) is 9.97 Å². The number of aromatic nitrogens is 3. The van der Waals surface area contributed by atoms with Crippen molar-refractivity contribution >= 4 is 23.2 Å². The van der Waals surface area contributed by atoms with Gasteiger partial charge in [-0.2, -0.15) is 4.98 Å². The van der Waals surface area contributed by atoms with Crippen LogP contribution in [0.15, 0.2) is 30.7 Å². The summed E-state index contributed by atoms with van der Waals surface area (Å²) in [6.45, 7) is 6.00. The van der Waals surface area contributed by atoms with Gasteiger partial charge in [0.15, 0.2) is 5.82 Å². The van der Waals surface area contributed by atoms with Crippen LogP contribution in [-0.2, 0) is 0 Å². The maximum atomic E-state index is 6.16. The summed E-state index contributed by atoms with van der Waals surface area (Å²) in [5.41, 5.74) is 0. The molecule has 116 valence electrons. The van der Waals surface area contributed by atoms with Crippen molar-refractivity contribution in [3.63, 3.8) is 0 Å². The van der Waals surface area contributed by atoms with Gasteiger partial charge in [-0.15, -0.1) is 0 Å². The van der Waals surface area contributed by atoms with Gasteiger partial charge in [0, 0.05) is 32.2 Å². The van der Waals surface area contributed by atoms with Crippen LogP contribution in [0.25, 0.3) is 0 Å². The molecule has 0 bridgehead atoms. The topological polar surface area (TPSA) is 54.4 Å². The molecule has 22 heavy (non-hydrogen) atoms. The third kappa shape index (κ3) is 3.22. The second kappa shape index (κ2) is 6.79. The van der Waals surface area contributed by atoms with Crippen molar-refractivity contribution in [2.45, 2.75) is 6.92 Å². The predicted octanol–water partition coefficient (Wildman–Crippen LogP) is 2.25. The van der Waals surface area contributed by atoms with Crippen LogP contribution in [0.3, 0.4) is 0 Å². The fourth-order valence-electron chi connectivity index (χ4n) is 2.49. The molecule has 7 heteroatoms. The lowest BCUT2D eigenvalue weighted by atomic mass is 10.3. The number of ether oxygens (including phenoxy) is 1.